The molecule has 1 fully saturated rings. The monoisotopic (exact) mass is 414 g/mol. The average Bonchev–Trinajstić information content (AvgIpc) is 3.40. The molecule has 1 aliphatic rings. The molecule has 6 heteroatoms. The standard InChI is InChI=1S/C24H19FN4S/c25-18-11-4-5-13-20(18)29-23(22(27-24(29)30)19-12-6-7-15-26-19)21-14-8-16-28(21)17-9-2-1-3-10-17/h1-16,22-23H,(H,27,30)/t22-,23-/m1/s1. The van der Waals surface area contributed by atoms with Gasteiger partial charge in [0, 0.05) is 23.8 Å². The Labute approximate surface area is 179 Å². The van der Waals surface area contributed by atoms with Crippen molar-refractivity contribution in [3.8, 4) is 5.69 Å². The fraction of sp³-hybridized carbons (Fsp3) is 0.0833. The van der Waals surface area contributed by atoms with Gasteiger partial charge in [-0.3, -0.25) is 4.98 Å². The van der Waals surface area contributed by atoms with E-state index < -0.39 is 0 Å². The molecule has 0 aliphatic carbocycles. The van der Waals surface area contributed by atoms with E-state index in [0.717, 1.165) is 17.1 Å². The third-order valence-electron chi connectivity index (χ3n) is 5.33. The molecule has 1 aliphatic heterocycles. The van der Waals surface area contributed by atoms with Gasteiger partial charge in [-0.25, -0.2) is 4.39 Å². The summed E-state index contributed by atoms with van der Waals surface area (Å²) in [6.45, 7) is 0. The van der Waals surface area contributed by atoms with Gasteiger partial charge in [0.1, 0.15) is 11.9 Å². The Morgan fingerprint density at radius 1 is 0.867 bits per heavy atom. The molecule has 0 radical (unpaired) electrons. The number of halogens is 1. The number of para-hydroxylation sites is 2. The molecule has 5 rings (SSSR count). The maximum absolute atomic E-state index is 14.8. The second-order valence-corrected chi connectivity index (χ2v) is 7.47. The number of aromatic nitrogens is 2. The van der Waals surface area contributed by atoms with Crippen molar-refractivity contribution in [3.63, 3.8) is 0 Å². The topological polar surface area (TPSA) is 33.1 Å². The van der Waals surface area contributed by atoms with Crippen molar-refractivity contribution in [2.75, 3.05) is 4.90 Å². The van der Waals surface area contributed by atoms with Crippen LogP contribution in [0.15, 0.2) is 97.3 Å². The lowest BCUT2D eigenvalue weighted by Crippen LogP contribution is -2.31. The van der Waals surface area contributed by atoms with Crippen molar-refractivity contribution in [2.45, 2.75) is 12.1 Å². The van der Waals surface area contributed by atoms with Crippen molar-refractivity contribution < 1.29 is 4.39 Å². The molecule has 2 aromatic heterocycles. The highest BCUT2D eigenvalue weighted by atomic mass is 32.1. The van der Waals surface area contributed by atoms with Crippen LogP contribution in [0.1, 0.15) is 23.5 Å². The first-order valence-electron chi connectivity index (χ1n) is 9.72. The summed E-state index contributed by atoms with van der Waals surface area (Å²) in [4.78, 5) is 6.42. The number of nitrogens with one attached hydrogen (secondary N) is 1. The zero-order valence-corrected chi connectivity index (χ0v) is 16.8. The molecule has 0 amide bonds. The van der Waals surface area contributed by atoms with Crippen LogP contribution in [-0.4, -0.2) is 14.7 Å². The SMILES string of the molecule is Fc1ccccc1N1C(=S)N[C@H](c2ccccn2)[C@H]1c1cccn1-c1ccccc1. The second kappa shape index (κ2) is 7.72. The Morgan fingerprint density at radius 3 is 2.40 bits per heavy atom. The van der Waals surface area contributed by atoms with E-state index in [1.165, 1.54) is 6.07 Å². The van der Waals surface area contributed by atoms with Crippen molar-refractivity contribution in [1.29, 1.82) is 0 Å². The first-order chi connectivity index (χ1) is 14.7. The number of rotatable bonds is 4. The number of anilines is 1. The van der Waals surface area contributed by atoms with Gasteiger partial charge >= 0.3 is 0 Å². The van der Waals surface area contributed by atoms with Crippen molar-refractivity contribution in [1.82, 2.24) is 14.9 Å². The lowest BCUT2D eigenvalue weighted by Gasteiger charge is -2.29. The zero-order chi connectivity index (χ0) is 20.5. The summed E-state index contributed by atoms with van der Waals surface area (Å²) in [5, 5.41) is 3.85. The second-order valence-electron chi connectivity index (χ2n) is 7.09. The summed E-state index contributed by atoms with van der Waals surface area (Å²) < 4.78 is 16.9. The highest BCUT2D eigenvalue weighted by Gasteiger charge is 2.42. The minimum absolute atomic E-state index is 0.226. The minimum atomic E-state index is -0.314. The lowest BCUT2D eigenvalue weighted by atomic mass is 10.0. The molecule has 3 heterocycles. The minimum Gasteiger partial charge on any atom is -0.351 e. The van der Waals surface area contributed by atoms with E-state index in [2.05, 4.69) is 20.9 Å². The fourth-order valence-corrected chi connectivity index (χ4v) is 4.36. The first-order valence-corrected chi connectivity index (χ1v) is 10.1. The molecule has 0 unspecified atom stereocenters. The maximum atomic E-state index is 14.8. The van der Waals surface area contributed by atoms with Gasteiger partial charge in [0.25, 0.3) is 0 Å². The summed E-state index contributed by atoms with van der Waals surface area (Å²) in [6.07, 6.45) is 3.78. The van der Waals surface area contributed by atoms with Crippen LogP contribution in [0.2, 0.25) is 0 Å². The Balaban J connectivity index is 1.69. The van der Waals surface area contributed by atoms with E-state index in [-0.39, 0.29) is 17.9 Å². The van der Waals surface area contributed by atoms with E-state index in [0.29, 0.717) is 10.8 Å². The van der Waals surface area contributed by atoms with Crippen molar-refractivity contribution >= 4 is 23.0 Å². The molecule has 2 atom stereocenters. The number of benzene rings is 2. The Bertz CT molecular complexity index is 1180. The molecule has 2 aromatic carbocycles. The third-order valence-corrected chi connectivity index (χ3v) is 5.64. The van der Waals surface area contributed by atoms with Crippen molar-refractivity contribution in [3.05, 3.63) is 115 Å². The van der Waals surface area contributed by atoms with Crippen LogP contribution in [0.3, 0.4) is 0 Å². The normalized spacial score (nSPS) is 18.4. The molecule has 4 nitrogen and oxygen atoms in total. The molecule has 0 bridgehead atoms. The molecule has 0 saturated carbocycles. The quantitative estimate of drug-likeness (QED) is 0.466. The summed E-state index contributed by atoms with van der Waals surface area (Å²) in [5.41, 5.74) is 3.32. The van der Waals surface area contributed by atoms with E-state index in [1.807, 2.05) is 71.8 Å². The average molecular weight is 415 g/mol. The molecular formula is C24H19FN4S. The van der Waals surface area contributed by atoms with Crippen LogP contribution in [0, 0.1) is 5.82 Å². The molecule has 30 heavy (non-hydrogen) atoms. The number of hydrogen-bond acceptors (Lipinski definition) is 2. The van der Waals surface area contributed by atoms with E-state index in [1.54, 1.807) is 18.3 Å². The summed E-state index contributed by atoms with van der Waals surface area (Å²) >= 11 is 5.68. The van der Waals surface area contributed by atoms with Gasteiger partial charge in [0.2, 0.25) is 0 Å². The molecule has 4 aromatic rings. The van der Waals surface area contributed by atoms with Crippen LogP contribution in [-0.2, 0) is 0 Å². The van der Waals surface area contributed by atoms with Crippen LogP contribution in [0.25, 0.3) is 5.69 Å². The Hall–Kier alpha value is -3.51. The smallest absolute Gasteiger partial charge is 0.174 e. The number of pyridine rings is 1. The van der Waals surface area contributed by atoms with Gasteiger partial charge in [-0.15, -0.1) is 0 Å². The third kappa shape index (κ3) is 3.15. The Morgan fingerprint density at radius 2 is 1.63 bits per heavy atom. The molecule has 1 saturated heterocycles. The lowest BCUT2D eigenvalue weighted by molar-refractivity contribution is 0.542. The van der Waals surface area contributed by atoms with Crippen LogP contribution in [0.4, 0.5) is 10.1 Å². The van der Waals surface area contributed by atoms with Crippen LogP contribution >= 0.6 is 12.2 Å². The van der Waals surface area contributed by atoms with Gasteiger partial charge in [-0.1, -0.05) is 36.4 Å². The predicted molar refractivity (Wildman–Crippen MR) is 120 cm³/mol. The number of nitrogens with zero attached hydrogens (tertiary/aromatic N) is 3. The van der Waals surface area contributed by atoms with E-state index in [9.17, 15) is 4.39 Å². The van der Waals surface area contributed by atoms with Gasteiger partial charge < -0.3 is 14.8 Å². The van der Waals surface area contributed by atoms with Crippen molar-refractivity contribution in [2.24, 2.45) is 0 Å². The predicted octanol–water partition coefficient (Wildman–Crippen LogP) is 5.19. The van der Waals surface area contributed by atoms with Crippen LogP contribution in [0.5, 0.6) is 0 Å². The first kappa shape index (κ1) is 18.5. The highest BCUT2D eigenvalue weighted by molar-refractivity contribution is 7.80. The van der Waals surface area contributed by atoms with Gasteiger partial charge in [-0.2, -0.15) is 0 Å². The van der Waals surface area contributed by atoms with E-state index in [4.69, 9.17) is 12.2 Å². The van der Waals surface area contributed by atoms with E-state index >= 15 is 0 Å². The van der Waals surface area contributed by atoms with Gasteiger partial charge in [0.15, 0.2) is 5.11 Å². The summed E-state index contributed by atoms with van der Waals surface area (Å²) in [7, 11) is 0. The highest BCUT2D eigenvalue weighted by Crippen LogP contribution is 2.42. The molecule has 1 N–H and O–H groups in total. The largest absolute Gasteiger partial charge is 0.351 e. The maximum Gasteiger partial charge on any atom is 0.174 e. The zero-order valence-electron chi connectivity index (χ0n) is 16.0. The molecular weight excluding hydrogens is 395 g/mol. The summed E-state index contributed by atoms with van der Waals surface area (Å²) in [6, 6.07) is 26.2. The van der Waals surface area contributed by atoms with Crippen LogP contribution < -0.4 is 10.2 Å². The summed E-state index contributed by atoms with van der Waals surface area (Å²) in [5.74, 6) is -0.314. The molecule has 0 spiro atoms. The number of hydrogen-bond donors (Lipinski definition) is 1. The Kier molecular flexibility index (Phi) is 4.77. The van der Waals surface area contributed by atoms with Gasteiger partial charge in [-0.05, 0) is 60.7 Å². The fourth-order valence-electron chi connectivity index (χ4n) is 4.02. The number of thiocarbonyl (C=S) groups is 1. The van der Waals surface area contributed by atoms with Gasteiger partial charge in [0.05, 0.1) is 17.4 Å². The molecule has 148 valence electrons.